The van der Waals surface area contributed by atoms with E-state index in [9.17, 15) is 25.2 Å². The van der Waals surface area contributed by atoms with Crippen LogP contribution in [0, 0.1) is 0 Å². The van der Waals surface area contributed by atoms with Gasteiger partial charge in [-0.3, -0.25) is 4.79 Å². The molecule has 4 N–H and O–H groups in total. The number of rotatable bonds is 48. The second-order valence-electron chi connectivity index (χ2n) is 19.0. The van der Waals surface area contributed by atoms with Crippen LogP contribution in [0.25, 0.3) is 0 Å². The van der Waals surface area contributed by atoms with Crippen LogP contribution in [0.4, 0.5) is 0 Å². The highest BCUT2D eigenvalue weighted by molar-refractivity contribution is 5.69. The smallest absolute Gasteiger partial charge is 0.306 e. The van der Waals surface area contributed by atoms with Crippen molar-refractivity contribution in [2.75, 3.05) is 26.4 Å². The van der Waals surface area contributed by atoms with Gasteiger partial charge in [-0.2, -0.15) is 0 Å². The highest BCUT2D eigenvalue weighted by Crippen LogP contribution is 2.23. The van der Waals surface area contributed by atoms with Crippen LogP contribution < -0.4 is 0 Å². The average Bonchev–Trinajstić information content (AvgIpc) is 3.27. The lowest BCUT2D eigenvalue weighted by atomic mass is 9.99. The summed E-state index contributed by atoms with van der Waals surface area (Å²) in [4.78, 5) is 12.8. The highest BCUT2D eigenvalue weighted by Gasteiger charge is 2.44. The molecule has 1 saturated heterocycles. The Morgan fingerprint density at radius 2 is 0.790 bits per heavy atom. The largest absolute Gasteiger partial charge is 0.457 e. The number of carbonyl (C=O) groups excluding carboxylic acids is 1. The second-order valence-corrected chi connectivity index (χ2v) is 19.0. The Bertz CT molecular complexity index is 920. The van der Waals surface area contributed by atoms with E-state index in [-0.39, 0.29) is 19.2 Å². The lowest BCUT2D eigenvalue weighted by Crippen LogP contribution is -2.59. The summed E-state index contributed by atoms with van der Waals surface area (Å²) in [6.45, 7) is 4.63. The third-order valence-electron chi connectivity index (χ3n) is 13.0. The molecule has 0 aliphatic carbocycles. The number of esters is 1. The van der Waals surface area contributed by atoms with Gasteiger partial charge in [0, 0.05) is 13.0 Å². The Labute approximate surface area is 383 Å². The summed E-state index contributed by atoms with van der Waals surface area (Å²) in [6, 6.07) is 0. The standard InChI is InChI=1S/C53H104O9/c1-3-5-7-9-11-13-15-17-19-20-21-22-23-24-25-26-27-28-29-30-32-34-36-38-40-42-49(55)61-47(46-60-53-52(58)51(57)50(56)48(44-54)62-53)45-59-43-41-39-37-35-33-31-18-16-14-12-10-8-6-4-2/h47-48,50-54,56-58H,3-46H2,1-2H3. The van der Waals surface area contributed by atoms with Crippen molar-refractivity contribution in [3.8, 4) is 0 Å². The minimum absolute atomic E-state index is 0.105. The molecule has 0 amide bonds. The van der Waals surface area contributed by atoms with Crippen LogP contribution >= 0.6 is 0 Å². The van der Waals surface area contributed by atoms with E-state index in [1.807, 2.05) is 0 Å². The first-order chi connectivity index (χ1) is 30.4. The predicted molar refractivity (Wildman–Crippen MR) is 256 cm³/mol. The molecule has 6 atom stereocenters. The first kappa shape index (κ1) is 59.2. The van der Waals surface area contributed by atoms with Gasteiger partial charge in [-0.1, -0.05) is 251 Å². The van der Waals surface area contributed by atoms with Crippen molar-refractivity contribution in [2.45, 2.75) is 307 Å². The zero-order valence-corrected chi connectivity index (χ0v) is 40.9. The lowest BCUT2D eigenvalue weighted by molar-refractivity contribution is -0.305. The van der Waals surface area contributed by atoms with Crippen molar-refractivity contribution in [3.63, 3.8) is 0 Å². The van der Waals surface area contributed by atoms with Crippen LogP contribution in [0.2, 0.25) is 0 Å². The van der Waals surface area contributed by atoms with Gasteiger partial charge in [-0.25, -0.2) is 0 Å². The molecule has 1 aliphatic heterocycles. The zero-order chi connectivity index (χ0) is 45.0. The zero-order valence-electron chi connectivity index (χ0n) is 40.9. The Morgan fingerprint density at radius 1 is 0.452 bits per heavy atom. The van der Waals surface area contributed by atoms with Crippen LogP contribution in [-0.2, 0) is 23.7 Å². The highest BCUT2D eigenvalue weighted by atomic mass is 16.7. The SMILES string of the molecule is CCCCCCCCCCCCCCCCCCCCCCCCCCCC(=O)OC(COCCCCCCCCCCCCCCCC)COC1OC(CO)C(O)C(O)C1O. The fraction of sp³-hybridized carbons (Fsp3) is 0.981. The van der Waals surface area contributed by atoms with Crippen molar-refractivity contribution in [1.29, 1.82) is 0 Å². The summed E-state index contributed by atoms with van der Waals surface area (Å²) in [5, 5.41) is 40.2. The molecule has 6 unspecified atom stereocenters. The van der Waals surface area contributed by atoms with Crippen molar-refractivity contribution in [1.82, 2.24) is 0 Å². The van der Waals surface area contributed by atoms with Crippen LogP contribution in [0.1, 0.15) is 271 Å². The maximum Gasteiger partial charge on any atom is 0.306 e. The molecule has 0 saturated carbocycles. The van der Waals surface area contributed by atoms with Crippen LogP contribution in [0.15, 0.2) is 0 Å². The Balaban J connectivity index is 2.12. The van der Waals surface area contributed by atoms with Gasteiger partial charge in [0.2, 0.25) is 0 Å². The summed E-state index contributed by atoms with van der Waals surface area (Å²) < 4.78 is 22.9. The van der Waals surface area contributed by atoms with E-state index in [4.69, 9.17) is 18.9 Å². The molecule has 0 radical (unpaired) electrons. The minimum Gasteiger partial charge on any atom is -0.457 e. The maximum atomic E-state index is 12.8. The monoisotopic (exact) mass is 885 g/mol. The number of aliphatic hydroxyl groups is 4. The Hall–Kier alpha value is -0.810. The molecule has 1 heterocycles. The van der Waals surface area contributed by atoms with Gasteiger partial charge in [0.25, 0.3) is 0 Å². The third-order valence-corrected chi connectivity index (χ3v) is 13.0. The van der Waals surface area contributed by atoms with Crippen LogP contribution in [-0.4, -0.2) is 89.6 Å². The summed E-state index contributed by atoms with van der Waals surface area (Å²) in [5.74, 6) is -0.304. The molecule has 62 heavy (non-hydrogen) atoms. The van der Waals surface area contributed by atoms with Gasteiger partial charge in [0.1, 0.15) is 30.5 Å². The van der Waals surface area contributed by atoms with E-state index in [0.29, 0.717) is 13.0 Å². The molecule has 0 aromatic heterocycles. The molecular formula is C53H104O9. The average molecular weight is 885 g/mol. The number of aliphatic hydroxyl groups excluding tert-OH is 4. The van der Waals surface area contributed by atoms with Gasteiger partial charge in [-0.15, -0.1) is 0 Å². The van der Waals surface area contributed by atoms with Crippen molar-refractivity contribution in [2.24, 2.45) is 0 Å². The number of unbranched alkanes of at least 4 members (excludes halogenated alkanes) is 37. The molecule has 1 rings (SSSR count). The van der Waals surface area contributed by atoms with Crippen LogP contribution in [0.5, 0.6) is 0 Å². The normalized spacial score (nSPS) is 19.6. The van der Waals surface area contributed by atoms with Crippen molar-refractivity contribution < 1.29 is 44.2 Å². The molecule has 0 bridgehead atoms. The summed E-state index contributed by atoms with van der Waals surface area (Å²) >= 11 is 0. The summed E-state index contributed by atoms with van der Waals surface area (Å²) in [7, 11) is 0. The van der Waals surface area contributed by atoms with E-state index in [1.165, 1.54) is 218 Å². The van der Waals surface area contributed by atoms with Gasteiger partial charge < -0.3 is 39.4 Å². The first-order valence-electron chi connectivity index (χ1n) is 27.1. The molecular weight excluding hydrogens is 781 g/mol. The predicted octanol–water partition coefficient (Wildman–Crippen LogP) is 13.4. The third kappa shape index (κ3) is 35.5. The quantitative estimate of drug-likeness (QED) is 0.0348. The molecule has 370 valence electrons. The van der Waals surface area contributed by atoms with E-state index >= 15 is 0 Å². The fourth-order valence-corrected chi connectivity index (χ4v) is 8.79. The number of carbonyl (C=O) groups is 1. The van der Waals surface area contributed by atoms with Gasteiger partial charge >= 0.3 is 5.97 Å². The number of hydrogen-bond acceptors (Lipinski definition) is 9. The summed E-state index contributed by atoms with van der Waals surface area (Å²) in [5.41, 5.74) is 0. The van der Waals surface area contributed by atoms with E-state index in [2.05, 4.69) is 13.8 Å². The topological polar surface area (TPSA) is 135 Å². The molecule has 0 aromatic carbocycles. The lowest BCUT2D eigenvalue weighted by Gasteiger charge is -2.39. The molecule has 0 spiro atoms. The molecule has 9 heteroatoms. The Morgan fingerprint density at radius 3 is 1.15 bits per heavy atom. The summed E-state index contributed by atoms with van der Waals surface area (Å²) in [6.07, 6.45) is 44.3. The Kier molecular flexibility index (Phi) is 43.3. The molecule has 9 nitrogen and oxygen atoms in total. The van der Waals surface area contributed by atoms with Crippen molar-refractivity contribution in [3.05, 3.63) is 0 Å². The van der Waals surface area contributed by atoms with Gasteiger partial charge in [0.15, 0.2) is 6.29 Å². The molecule has 1 fully saturated rings. The minimum atomic E-state index is -1.53. The van der Waals surface area contributed by atoms with E-state index in [0.717, 1.165) is 32.1 Å². The van der Waals surface area contributed by atoms with Gasteiger partial charge in [0.05, 0.1) is 19.8 Å². The van der Waals surface area contributed by atoms with Crippen molar-refractivity contribution >= 4 is 5.97 Å². The maximum absolute atomic E-state index is 12.8. The van der Waals surface area contributed by atoms with Crippen LogP contribution in [0.3, 0.4) is 0 Å². The second kappa shape index (κ2) is 45.4. The number of ether oxygens (including phenoxy) is 4. The van der Waals surface area contributed by atoms with E-state index < -0.39 is 43.4 Å². The van der Waals surface area contributed by atoms with E-state index in [1.54, 1.807) is 0 Å². The van der Waals surface area contributed by atoms with Gasteiger partial charge in [-0.05, 0) is 12.8 Å². The molecule has 0 aromatic rings. The molecule has 1 aliphatic rings. The fourth-order valence-electron chi connectivity index (χ4n) is 8.79. The number of hydrogen-bond donors (Lipinski definition) is 4. The first-order valence-corrected chi connectivity index (χ1v) is 27.1.